The summed E-state index contributed by atoms with van der Waals surface area (Å²) in [5.41, 5.74) is 3.72. The summed E-state index contributed by atoms with van der Waals surface area (Å²) in [7, 11) is 0. The van der Waals surface area contributed by atoms with Crippen molar-refractivity contribution in [3.8, 4) is 5.69 Å². The zero-order chi connectivity index (χ0) is 18.3. The molecular weight excluding hydrogens is 298 g/mol. The molecule has 0 spiro atoms. The van der Waals surface area contributed by atoms with Crippen LogP contribution in [0.4, 0.5) is 5.82 Å². The first kappa shape index (κ1) is 18.2. The van der Waals surface area contributed by atoms with Crippen molar-refractivity contribution in [2.24, 2.45) is 5.41 Å². The first-order valence-corrected chi connectivity index (χ1v) is 8.39. The second kappa shape index (κ2) is 6.08. The summed E-state index contributed by atoms with van der Waals surface area (Å²) in [5.74, 6) is 0.695. The summed E-state index contributed by atoms with van der Waals surface area (Å²) in [5, 5.41) is 7.82. The van der Waals surface area contributed by atoms with Crippen LogP contribution < -0.4 is 5.32 Å². The van der Waals surface area contributed by atoms with Crippen molar-refractivity contribution in [3.05, 3.63) is 41.1 Å². The summed E-state index contributed by atoms with van der Waals surface area (Å²) in [6.07, 6.45) is 0. The van der Waals surface area contributed by atoms with E-state index in [1.165, 1.54) is 5.56 Å². The SMILES string of the molecule is Cc1ccc(-n2nc(C(C)(C)C)cc2NC(=O)C(C)(C)C)c(C)c1. The van der Waals surface area contributed by atoms with Gasteiger partial charge in [0.2, 0.25) is 5.91 Å². The number of amides is 1. The Morgan fingerprint density at radius 2 is 1.67 bits per heavy atom. The Labute approximate surface area is 145 Å². The van der Waals surface area contributed by atoms with Gasteiger partial charge in [0.15, 0.2) is 0 Å². The highest BCUT2D eigenvalue weighted by atomic mass is 16.2. The third-order valence-corrected chi connectivity index (χ3v) is 3.98. The number of rotatable bonds is 2. The Morgan fingerprint density at radius 3 is 2.17 bits per heavy atom. The summed E-state index contributed by atoms with van der Waals surface area (Å²) >= 11 is 0. The average Bonchev–Trinajstić information content (AvgIpc) is 2.81. The Kier molecular flexibility index (Phi) is 4.62. The molecule has 1 aromatic heterocycles. The minimum Gasteiger partial charge on any atom is -0.310 e. The van der Waals surface area contributed by atoms with Gasteiger partial charge in [0.25, 0.3) is 0 Å². The predicted molar refractivity (Wildman–Crippen MR) is 99.8 cm³/mol. The number of nitrogens with one attached hydrogen (secondary N) is 1. The highest BCUT2D eigenvalue weighted by Gasteiger charge is 2.26. The van der Waals surface area contributed by atoms with Crippen molar-refractivity contribution >= 4 is 11.7 Å². The Bertz CT molecular complexity index is 758. The zero-order valence-corrected chi connectivity index (χ0v) is 16.1. The quantitative estimate of drug-likeness (QED) is 0.863. The van der Waals surface area contributed by atoms with E-state index < -0.39 is 5.41 Å². The Balaban J connectivity index is 2.56. The van der Waals surface area contributed by atoms with Crippen LogP contribution in [-0.2, 0) is 10.2 Å². The van der Waals surface area contributed by atoms with Crippen LogP contribution in [0.1, 0.15) is 58.4 Å². The second-order valence-corrected chi connectivity index (χ2v) is 8.57. The molecule has 2 aromatic rings. The number of benzene rings is 1. The summed E-state index contributed by atoms with van der Waals surface area (Å²) in [4.78, 5) is 12.5. The van der Waals surface area contributed by atoms with Gasteiger partial charge in [-0.2, -0.15) is 5.10 Å². The maximum atomic E-state index is 12.5. The van der Waals surface area contributed by atoms with Crippen LogP contribution in [0.25, 0.3) is 5.69 Å². The molecule has 1 heterocycles. The number of carbonyl (C=O) groups is 1. The lowest BCUT2D eigenvalue weighted by Gasteiger charge is -2.18. The molecule has 0 fully saturated rings. The van der Waals surface area contributed by atoms with Crippen LogP contribution in [-0.4, -0.2) is 15.7 Å². The molecule has 0 radical (unpaired) electrons. The minimum atomic E-state index is -0.459. The molecule has 0 unspecified atom stereocenters. The van der Waals surface area contributed by atoms with Gasteiger partial charge in [-0.25, -0.2) is 4.68 Å². The molecule has 1 N–H and O–H groups in total. The van der Waals surface area contributed by atoms with E-state index in [1.54, 1.807) is 0 Å². The normalized spacial score (nSPS) is 12.3. The fourth-order valence-corrected chi connectivity index (χ4v) is 2.37. The molecule has 0 atom stereocenters. The molecule has 130 valence electrons. The summed E-state index contributed by atoms with van der Waals surface area (Å²) < 4.78 is 1.85. The van der Waals surface area contributed by atoms with Gasteiger partial charge in [0, 0.05) is 16.9 Å². The lowest BCUT2D eigenvalue weighted by Crippen LogP contribution is -2.28. The maximum Gasteiger partial charge on any atom is 0.230 e. The number of hydrogen-bond donors (Lipinski definition) is 1. The molecule has 0 saturated carbocycles. The predicted octanol–water partition coefficient (Wildman–Crippen LogP) is 4.77. The monoisotopic (exact) mass is 327 g/mol. The molecule has 0 aliphatic rings. The molecule has 2 rings (SSSR count). The van der Waals surface area contributed by atoms with Crippen LogP contribution in [0.3, 0.4) is 0 Å². The van der Waals surface area contributed by atoms with Gasteiger partial charge in [0.05, 0.1) is 11.4 Å². The molecule has 0 aliphatic heterocycles. The average molecular weight is 327 g/mol. The first-order valence-electron chi connectivity index (χ1n) is 8.39. The number of aromatic nitrogens is 2. The standard InChI is InChI=1S/C20H29N3O/c1-13-9-10-15(14(2)11-13)23-17(21-18(24)20(6,7)8)12-16(22-23)19(3,4)5/h9-12H,1-8H3,(H,21,24). The van der Waals surface area contributed by atoms with Gasteiger partial charge in [-0.05, 0) is 25.5 Å². The van der Waals surface area contributed by atoms with E-state index in [1.807, 2.05) is 31.5 Å². The fraction of sp³-hybridized carbons (Fsp3) is 0.500. The smallest absolute Gasteiger partial charge is 0.230 e. The summed E-state index contributed by atoms with van der Waals surface area (Å²) in [6, 6.07) is 8.22. The zero-order valence-electron chi connectivity index (χ0n) is 16.1. The molecule has 0 aliphatic carbocycles. The molecule has 1 amide bonds. The van der Waals surface area contributed by atoms with Gasteiger partial charge >= 0.3 is 0 Å². The molecule has 0 saturated heterocycles. The third-order valence-electron chi connectivity index (χ3n) is 3.98. The minimum absolute atomic E-state index is 0.0196. The van der Waals surface area contributed by atoms with Crippen LogP contribution >= 0.6 is 0 Å². The highest BCUT2D eigenvalue weighted by Crippen LogP contribution is 2.28. The van der Waals surface area contributed by atoms with Crippen LogP contribution in [0, 0.1) is 19.3 Å². The topological polar surface area (TPSA) is 46.9 Å². The van der Waals surface area contributed by atoms with Crippen LogP contribution in [0.5, 0.6) is 0 Å². The highest BCUT2D eigenvalue weighted by molar-refractivity contribution is 5.94. The van der Waals surface area contributed by atoms with Gasteiger partial charge < -0.3 is 5.32 Å². The van der Waals surface area contributed by atoms with E-state index in [4.69, 9.17) is 5.10 Å². The van der Waals surface area contributed by atoms with E-state index in [0.29, 0.717) is 5.82 Å². The van der Waals surface area contributed by atoms with Crippen molar-refractivity contribution in [1.82, 2.24) is 9.78 Å². The fourth-order valence-electron chi connectivity index (χ4n) is 2.37. The lowest BCUT2D eigenvalue weighted by molar-refractivity contribution is -0.123. The molecule has 24 heavy (non-hydrogen) atoms. The number of aryl methyl sites for hydroxylation is 2. The second-order valence-electron chi connectivity index (χ2n) is 8.57. The molecule has 0 bridgehead atoms. The summed E-state index contributed by atoms with van der Waals surface area (Å²) in [6.45, 7) is 16.2. The molecule has 4 nitrogen and oxygen atoms in total. The third kappa shape index (κ3) is 3.86. The van der Waals surface area contributed by atoms with E-state index in [9.17, 15) is 4.79 Å². The van der Waals surface area contributed by atoms with E-state index in [2.05, 4.69) is 58.1 Å². The number of nitrogens with zero attached hydrogens (tertiary/aromatic N) is 2. The van der Waals surface area contributed by atoms with Gasteiger partial charge in [-0.1, -0.05) is 59.2 Å². The van der Waals surface area contributed by atoms with Crippen LogP contribution in [0.15, 0.2) is 24.3 Å². The van der Waals surface area contributed by atoms with Crippen molar-refractivity contribution < 1.29 is 4.79 Å². The number of hydrogen-bond acceptors (Lipinski definition) is 2. The van der Waals surface area contributed by atoms with Gasteiger partial charge in [0.1, 0.15) is 5.82 Å². The van der Waals surface area contributed by atoms with E-state index in [0.717, 1.165) is 16.9 Å². The molecular formula is C20H29N3O. The van der Waals surface area contributed by atoms with Gasteiger partial charge in [-0.15, -0.1) is 0 Å². The largest absolute Gasteiger partial charge is 0.310 e. The van der Waals surface area contributed by atoms with Crippen molar-refractivity contribution in [1.29, 1.82) is 0 Å². The van der Waals surface area contributed by atoms with E-state index in [-0.39, 0.29) is 11.3 Å². The Hall–Kier alpha value is -2.10. The number of carbonyl (C=O) groups excluding carboxylic acids is 1. The maximum absolute atomic E-state index is 12.5. The van der Waals surface area contributed by atoms with E-state index >= 15 is 0 Å². The molecule has 1 aromatic carbocycles. The van der Waals surface area contributed by atoms with Gasteiger partial charge in [-0.3, -0.25) is 4.79 Å². The first-order chi connectivity index (χ1) is 10.9. The van der Waals surface area contributed by atoms with Crippen LogP contribution in [0.2, 0.25) is 0 Å². The molecule has 4 heteroatoms. The lowest BCUT2D eigenvalue weighted by atomic mass is 9.92. The van der Waals surface area contributed by atoms with Crippen molar-refractivity contribution in [2.45, 2.75) is 60.8 Å². The van der Waals surface area contributed by atoms with Crippen molar-refractivity contribution in [3.63, 3.8) is 0 Å². The number of anilines is 1. The Morgan fingerprint density at radius 1 is 1.04 bits per heavy atom. The van der Waals surface area contributed by atoms with Crippen molar-refractivity contribution in [2.75, 3.05) is 5.32 Å².